The Morgan fingerprint density at radius 3 is 2.59 bits per heavy atom. The number of methoxy groups -OCH3 is 1. The van der Waals surface area contributed by atoms with Gasteiger partial charge in [-0.3, -0.25) is 4.79 Å². The Kier molecular flexibility index (Phi) is 8.58. The van der Waals surface area contributed by atoms with Crippen molar-refractivity contribution in [3.8, 4) is 11.5 Å². The fourth-order valence-corrected chi connectivity index (χ4v) is 3.82. The molecular weight excluding hydrogens is 439 g/mol. The van der Waals surface area contributed by atoms with Gasteiger partial charge in [0.25, 0.3) is 5.91 Å². The van der Waals surface area contributed by atoms with Gasteiger partial charge in [-0.15, -0.1) is 0 Å². The van der Waals surface area contributed by atoms with Crippen LogP contribution in [0.3, 0.4) is 0 Å². The fraction of sp³-hybridized carbons (Fsp3) is 0.435. The van der Waals surface area contributed by atoms with E-state index in [1.54, 1.807) is 13.0 Å². The van der Waals surface area contributed by atoms with Crippen LogP contribution in [-0.4, -0.2) is 47.6 Å². The first kappa shape index (κ1) is 25.5. The zero-order chi connectivity index (χ0) is 24.1. The molecule has 2 N–H and O–H groups in total. The van der Waals surface area contributed by atoms with Gasteiger partial charge in [-0.25, -0.2) is 9.37 Å². The maximum absolute atomic E-state index is 14.5. The second-order valence-corrected chi connectivity index (χ2v) is 8.53. The van der Waals surface area contributed by atoms with E-state index in [4.69, 9.17) is 21.1 Å². The average Bonchev–Trinajstić information content (AvgIpc) is 2.74. The third-order valence-corrected chi connectivity index (χ3v) is 5.51. The van der Waals surface area contributed by atoms with E-state index in [1.807, 2.05) is 13.8 Å². The lowest BCUT2D eigenvalue weighted by atomic mass is 9.84. The molecule has 7 nitrogen and oxygen atoms in total. The molecule has 0 bridgehead atoms. The molecule has 0 aliphatic heterocycles. The first-order valence-electron chi connectivity index (χ1n) is 10.1. The molecule has 0 saturated carbocycles. The van der Waals surface area contributed by atoms with E-state index in [2.05, 4.69) is 10.3 Å². The van der Waals surface area contributed by atoms with E-state index in [-0.39, 0.29) is 29.9 Å². The smallest absolute Gasteiger partial charge is 0.274 e. The molecule has 0 saturated heterocycles. The number of hydrogen-bond acceptors (Lipinski definition) is 6. The number of ether oxygens (including phenoxy) is 2. The summed E-state index contributed by atoms with van der Waals surface area (Å²) in [7, 11) is 1.34. The van der Waals surface area contributed by atoms with E-state index < -0.39 is 29.1 Å². The van der Waals surface area contributed by atoms with Crippen LogP contribution < -0.4 is 10.1 Å². The number of halogens is 2. The number of pyridine rings is 1. The minimum Gasteiger partial charge on any atom is -0.503 e. The molecule has 32 heavy (non-hydrogen) atoms. The van der Waals surface area contributed by atoms with E-state index in [0.717, 1.165) is 0 Å². The SMILES string of the molecule is COc1ccnc(C(=O)N[C@](C)(C=O)CO[C@@H](C)[C@H](c2c(F)cccc2Cl)C(C)C)c1O. The van der Waals surface area contributed by atoms with Crippen LogP contribution in [0, 0.1) is 11.7 Å². The highest BCUT2D eigenvalue weighted by Crippen LogP contribution is 2.36. The largest absolute Gasteiger partial charge is 0.503 e. The molecule has 1 amide bonds. The summed E-state index contributed by atoms with van der Waals surface area (Å²) in [6.45, 7) is 6.89. The number of benzene rings is 1. The van der Waals surface area contributed by atoms with E-state index in [0.29, 0.717) is 16.9 Å². The normalized spacial score (nSPS) is 15.0. The monoisotopic (exact) mass is 466 g/mol. The number of rotatable bonds is 10. The number of carbonyl (C=O) groups excluding carboxylic acids is 2. The predicted octanol–water partition coefficient (Wildman–Crippen LogP) is 4.12. The van der Waals surface area contributed by atoms with Gasteiger partial charge in [0.05, 0.1) is 19.8 Å². The van der Waals surface area contributed by atoms with Crippen molar-refractivity contribution in [2.75, 3.05) is 13.7 Å². The predicted molar refractivity (Wildman–Crippen MR) is 119 cm³/mol. The molecule has 1 heterocycles. The maximum Gasteiger partial charge on any atom is 0.274 e. The van der Waals surface area contributed by atoms with Crippen molar-refractivity contribution in [1.29, 1.82) is 0 Å². The third kappa shape index (κ3) is 5.75. The standard InChI is InChI=1S/C23H28ClFN2O5/c1-13(2)18(19-15(24)7-6-8-16(19)25)14(3)32-12-23(4,11-28)27-22(30)20-21(29)17(31-5)9-10-26-20/h6-11,13-14,18,29H,12H2,1-5H3,(H,27,30)/t14-,18+,23+/m0/s1. The van der Waals surface area contributed by atoms with Crippen LogP contribution in [0.2, 0.25) is 5.02 Å². The van der Waals surface area contributed by atoms with Crippen LogP contribution in [-0.2, 0) is 9.53 Å². The number of aromatic nitrogens is 1. The van der Waals surface area contributed by atoms with Gasteiger partial charge in [0.2, 0.25) is 0 Å². The molecule has 9 heteroatoms. The summed E-state index contributed by atoms with van der Waals surface area (Å²) in [6.07, 6.45) is 1.31. The Bertz CT molecular complexity index is 951. The average molecular weight is 467 g/mol. The molecular formula is C23H28ClFN2O5. The summed E-state index contributed by atoms with van der Waals surface area (Å²) in [6, 6.07) is 5.89. The summed E-state index contributed by atoms with van der Waals surface area (Å²) in [5.74, 6) is -1.98. The molecule has 174 valence electrons. The summed E-state index contributed by atoms with van der Waals surface area (Å²) >= 11 is 6.26. The topological polar surface area (TPSA) is 97.8 Å². The molecule has 0 aliphatic rings. The minimum absolute atomic E-state index is 0.0191. The van der Waals surface area contributed by atoms with Crippen LogP contribution >= 0.6 is 11.6 Å². The molecule has 1 aromatic carbocycles. The van der Waals surface area contributed by atoms with E-state index >= 15 is 0 Å². The molecule has 2 aromatic rings. The molecule has 2 rings (SSSR count). The number of nitrogens with zero attached hydrogens (tertiary/aromatic N) is 1. The lowest BCUT2D eigenvalue weighted by molar-refractivity contribution is -0.116. The van der Waals surface area contributed by atoms with Gasteiger partial charge in [-0.2, -0.15) is 0 Å². The number of aldehydes is 1. The van der Waals surface area contributed by atoms with Gasteiger partial charge >= 0.3 is 0 Å². The highest BCUT2D eigenvalue weighted by atomic mass is 35.5. The van der Waals surface area contributed by atoms with Crippen molar-refractivity contribution in [1.82, 2.24) is 10.3 Å². The molecule has 0 aliphatic carbocycles. The molecule has 0 spiro atoms. The van der Waals surface area contributed by atoms with Crippen LogP contribution in [0.25, 0.3) is 0 Å². The Morgan fingerprint density at radius 2 is 2.03 bits per heavy atom. The first-order chi connectivity index (χ1) is 15.0. The van der Waals surface area contributed by atoms with Gasteiger partial charge in [0.15, 0.2) is 17.2 Å². The number of amides is 1. The first-order valence-corrected chi connectivity index (χ1v) is 10.5. The summed E-state index contributed by atoms with van der Waals surface area (Å²) < 4.78 is 25.4. The summed E-state index contributed by atoms with van der Waals surface area (Å²) in [4.78, 5) is 28.3. The fourth-order valence-electron chi connectivity index (χ4n) is 3.53. The van der Waals surface area contributed by atoms with E-state index in [1.165, 1.54) is 38.4 Å². The Morgan fingerprint density at radius 1 is 1.34 bits per heavy atom. The minimum atomic E-state index is -1.43. The van der Waals surface area contributed by atoms with E-state index in [9.17, 15) is 19.1 Å². The van der Waals surface area contributed by atoms with Crippen molar-refractivity contribution in [3.63, 3.8) is 0 Å². The van der Waals surface area contributed by atoms with Crippen LogP contribution in [0.5, 0.6) is 11.5 Å². The molecule has 0 unspecified atom stereocenters. The van der Waals surface area contributed by atoms with Crippen LogP contribution in [0.1, 0.15) is 49.7 Å². The van der Waals surface area contributed by atoms with Crippen molar-refractivity contribution < 1.29 is 28.6 Å². The number of hydrogen-bond donors (Lipinski definition) is 2. The van der Waals surface area contributed by atoms with Crippen LogP contribution in [0.15, 0.2) is 30.5 Å². The summed E-state index contributed by atoms with van der Waals surface area (Å²) in [5.41, 5.74) is -1.37. The van der Waals surface area contributed by atoms with Gasteiger partial charge < -0.3 is 24.7 Å². The number of nitrogens with one attached hydrogen (secondary N) is 1. The zero-order valence-electron chi connectivity index (χ0n) is 18.7. The second kappa shape index (κ2) is 10.7. The van der Waals surface area contributed by atoms with Gasteiger partial charge in [-0.1, -0.05) is 31.5 Å². The van der Waals surface area contributed by atoms with Crippen LogP contribution in [0.4, 0.5) is 4.39 Å². The molecule has 3 atom stereocenters. The summed E-state index contributed by atoms with van der Waals surface area (Å²) in [5, 5.41) is 13.0. The third-order valence-electron chi connectivity index (χ3n) is 5.18. The lowest BCUT2D eigenvalue weighted by Crippen LogP contribution is -2.52. The van der Waals surface area contributed by atoms with Crippen molar-refractivity contribution >= 4 is 23.8 Å². The molecule has 0 fully saturated rings. The quantitative estimate of drug-likeness (QED) is 0.511. The lowest BCUT2D eigenvalue weighted by Gasteiger charge is -2.32. The molecule has 1 aromatic heterocycles. The Balaban J connectivity index is 2.18. The Labute approximate surface area is 191 Å². The van der Waals surface area contributed by atoms with Crippen molar-refractivity contribution in [2.24, 2.45) is 5.92 Å². The zero-order valence-corrected chi connectivity index (χ0v) is 19.4. The highest BCUT2D eigenvalue weighted by Gasteiger charge is 2.33. The van der Waals surface area contributed by atoms with Gasteiger partial charge in [0, 0.05) is 28.8 Å². The second-order valence-electron chi connectivity index (χ2n) is 8.12. The van der Waals surface area contributed by atoms with Crippen molar-refractivity contribution in [3.05, 3.63) is 52.6 Å². The highest BCUT2D eigenvalue weighted by molar-refractivity contribution is 6.31. The number of carbonyl (C=O) groups is 2. The molecule has 0 radical (unpaired) electrons. The number of aromatic hydroxyl groups is 1. The maximum atomic E-state index is 14.5. The van der Waals surface area contributed by atoms with Gasteiger partial charge in [0.1, 0.15) is 17.6 Å². The van der Waals surface area contributed by atoms with Crippen molar-refractivity contribution in [2.45, 2.75) is 45.3 Å². The van der Waals surface area contributed by atoms with Gasteiger partial charge in [-0.05, 0) is 31.9 Å². The Hall–Kier alpha value is -2.71.